The monoisotopic (exact) mass is 287 g/mol. The number of amides is 1. The van der Waals surface area contributed by atoms with Crippen LogP contribution >= 0.6 is 0 Å². The molecule has 0 radical (unpaired) electrons. The topological polar surface area (TPSA) is 83.6 Å². The van der Waals surface area contributed by atoms with Gasteiger partial charge < -0.3 is 16.0 Å². The quantitative estimate of drug-likeness (QED) is 0.837. The number of likely N-dealkylation sites (tertiary alicyclic amines) is 1. The van der Waals surface area contributed by atoms with Gasteiger partial charge in [0.05, 0.1) is 12.1 Å². The summed E-state index contributed by atoms with van der Waals surface area (Å²) in [6.07, 6.45) is 6.69. The van der Waals surface area contributed by atoms with Crippen molar-refractivity contribution in [2.45, 2.75) is 31.2 Å². The number of aromatic nitrogens is 1. The smallest absolute Gasteiger partial charge is 0.222 e. The lowest BCUT2D eigenvalue weighted by atomic mass is 9.88. The Labute approximate surface area is 124 Å². The number of pyridine rings is 1. The molecule has 112 valence electrons. The molecule has 2 aliphatic rings. The first-order valence-electron chi connectivity index (χ1n) is 7.42. The van der Waals surface area contributed by atoms with Crippen molar-refractivity contribution >= 4 is 11.9 Å². The minimum Gasteiger partial charge on any atom is -0.370 e. The van der Waals surface area contributed by atoms with Crippen molar-refractivity contribution in [3.63, 3.8) is 0 Å². The lowest BCUT2D eigenvalue weighted by molar-refractivity contribution is -0.132. The molecule has 1 saturated heterocycles. The number of nitrogens with two attached hydrogens (primary N) is 1. The summed E-state index contributed by atoms with van der Waals surface area (Å²) in [4.78, 5) is 22.5. The SMILES string of the molecule is NC1=NCC2(CCN(C(=O)CCc3cccnc3)CC2)N1. The Hall–Kier alpha value is -2.11. The normalized spacial score (nSPS) is 20.2. The van der Waals surface area contributed by atoms with E-state index in [9.17, 15) is 4.79 Å². The van der Waals surface area contributed by atoms with Crippen LogP contribution in [0.4, 0.5) is 0 Å². The number of nitrogens with zero attached hydrogens (tertiary/aromatic N) is 3. The largest absolute Gasteiger partial charge is 0.370 e. The van der Waals surface area contributed by atoms with Gasteiger partial charge in [0.25, 0.3) is 0 Å². The number of aliphatic imine (C=N–C) groups is 1. The molecule has 6 heteroatoms. The van der Waals surface area contributed by atoms with Gasteiger partial charge in [0, 0.05) is 31.9 Å². The zero-order valence-corrected chi connectivity index (χ0v) is 12.1. The molecule has 3 heterocycles. The standard InChI is InChI=1S/C15H21N5O/c16-14-18-11-15(19-14)5-8-20(9-6-15)13(21)4-3-12-2-1-7-17-10-12/h1-2,7,10H,3-6,8-9,11H2,(H3,16,18,19). The number of hydrogen-bond acceptors (Lipinski definition) is 5. The highest BCUT2D eigenvalue weighted by Gasteiger charge is 2.38. The van der Waals surface area contributed by atoms with Crippen molar-refractivity contribution in [1.82, 2.24) is 15.2 Å². The maximum Gasteiger partial charge on any atom is 0.222 e. The maximum atomic E-state index is 12.3. The first kappa shape index (κ1) is 13.9. The summed E-state index contributed by atoms with van der Waals surface area (Å²) >= 11 is 0. The van der Waals surface area contributed by atoms with Gasteiger partial charge in [-0.1, -0.05) is 6.07 Å². The van der Waals surface area contributed by atoms with Crippen molar-refractivity contribution in [3.05, 3.63) is 30.1 Å². The van der Waals surface area contributed by atoms with E-state index in [4.69, 9.17) is 5.73 Å². The van der Waals surface area contributed by atoms with Gasteiger partial charge in [0.2, 0.25) is 5.91 Å². The second-order valence-corrected chi connectivity index (χ2v) is 5.85. The van der Waals surface area contributed by atoms with Crippen LogP contribution in [0.2, 0.25) is 0 Å². The molecule has 1 fully saturated rings. The molecular weight excluding hydrogens is 266 g/mol. The van der Waals surface area contributed by atoms with Crippen LogP contribution in [0.3, 0.4) is 0 Å². The third-order valence-electron chi connectivity index (χ3n) is 4.37. The Kier molecular flexibility index (Phi) is 3.77. The number of piperidine rings is 1. The number of rotatable bonds is 3. The molecule has 0 unspecified atom stereocenters. The second-order valence-electron chi connectivity index (χ2n) is 5.85. The number of carbonyl (C=O) groups is 1. The zero-order chi connectivity index (χ0) is 14.7. The summed E-state index contributed by atoms with van der Waals surface area (Å²) in [5, 5.41) is 3.27. The minimum absolute atomic E-state index is 0.00971. The summed E-state index contributed by atoms with van der Waals surface area (Å²) in [7, 11) is 0. The molecule has 3 N–H and O–H groups in total. The predicted octanol–water partition coefficient (Wildman–Crippen LogP) is 0.293. The molecule has 0 aliphatic carbocycles. The molecule has 0 aromatic carbocycles. The van der Waals surface area contributed by atoms with E-state index in [2.05, 4.69) is 15.3 Å². The molecule has 2 aliphatic heterocycles. The fraction of sp³-hybridized carbons (Fsp3) is 0.533. The van der Waals surface area contributed by atoms with Crippen LogP contribution < -0.4 is 11.1 Å². The molecule has 0 atom stereocenters. The molecular formula is C15H21N5O. The van der Waals surface area contributed by atoms with Gasteiger partial charge in [-0.2, -0.15) is 0 Å². The molecule has 0 bridgehead atoms. The van der Waals surface area contributed by atoms with E-state index in [1.807, 2.05) is 23.2 Å². The Balaban J connectivity index is 1.47. The van der Waals surface area contributed by atoms with E-state index in [0.717, 1.165) is 44.5 Å². The van der Waals surface area contributed by atoms with Gasteiger partial charge in [-0.3, -0.25) is 14.8 Å². The fourth-order valence-corrected chi connectivity index (χ4v) is 3.01. The van der Waals surface area contributed by atoms with E-state index in [1.165, 1.54) is 0 Å². The molecule has 1 aromatic heterocycles. The van der Waals surface area contributed by atoms with Gasteiger partial charge in [-0.25, -0.2) is 0 Å². The molecule has 3 rings (SSSR count). The summed E-state index contributed by atoms with van der Waals surface area (Å²) in [5.41, 5.74) is 6.80. The van der Waals surface area contributed by atoms with Crippen LogP contribution in [0.1, 0.15) is 24.8 Å². The van der Waals surface area contributed by atoms with Crippen LogP contribution in [0.25, 0.3) is 0 Å². The molecule has 1 spiro atoms. The van der Waals surface area contributed by atoms with Crippen LogP contribution in [0.15, 0.2) is 29.5 Å². The molecule has 21 heavy (non-hydrogen) atoms. The highest BCUT2D eigenvalue weighted by Crippen LogP contribution is 2.25. The van der Waals surface area contributed by atoms with Gasteiger partial charge in [0.1, 0.15) is 0 Å². The highest BCUT2D eigenvalue weighted by atomic mass is 16.2. The Bertz CT molecular complexity index is 534. The Morgan fingerprint density at radius 3 is 2.86 bits per heavy atom. The zero-order valence-electron chi connectivity index (χ0n) is 12.1. The van der Waals surface area contributed by atoms with E-state index < -0.39 is 0 Å². The van der Waals surface area contributed by atoms with E-state index in [0.29, 0.717) is 12.4 Å². The van der Waals surface area contributed by atoms with E-state index in [-0.39, 0.29) is 11.4 Å². The van der Waals surface area contributed by atoms with Crippen molar-refractivity contribution in [3.8, 4) is 0 Å². The van der Waals surface area contributed by atoms with Crippen LogP contribution in [0.5, 0.6) is 0 Å². The van der Waals surface area contributed by atoms with Crippen LogP contribution in [0, 0.1) is 0 Å². The summed E-state index contributed by atoms with van der Waals surface area (Å²) in [6.45, 7) is 2.29. The molecule has 0 saturated carbocycles. The van der Waals surface area contributed by atoms with Crippen LogP contribution in [-0.2, 0) is 11.2 Å². The van der Waals surface area contributed by atoms with E-state index in [1.54, 1.807) is 6.20 Å². The van der Waals surface area contributed by atoms with Crippen molar-refractivity contribution in [2.24, 2.45) is 10.7 Å². The fourth-order valence-electron chi connectivity index (χ4n) is 3.01. The predicted molar refractivity (Wildman–Crippen MR) is 80.7 cm³/mol. The third kappa shape index (κ3) is 3.15. The molecule has 6 nitrogen and oxygen atoms in total. The van der Waals surface area contributed by atoms with Gasteiger partial charge in [-0.15, -0.1) is 0 Å². The van der Waals surface area contributed by atoms with Crippen LogP contribution in [-0.4, -0.2) is 46.9 Å². The Morgan fingerprint density at radius 2 is 2.24 bits per heavy atom. The maximum absolute atomic E-state index is 12.3. The second kappa shape index (κ2) is 5.71. The number of hydrogen-bond donors (Lipinski definition) is 2. The average molecular weight is 287 g/mol. The van der Waals surface area contributed by atoms with Gasteiger partial charge in [0.15, 0.2) is 5.96 Å². The molecule has 1 aromatic rings. The summed E-state index contributed by atoms with van der Waals surface area (Å²) < 4.78 is 0. The summed E-state index contributed by atoms with van der Waals surface area (Å²) in [5.74, 6) is 0.756. The molecule has 1 amide bonds. The first-order valence-corrected chi connectivity index (χ1v) is 7.42. The lowest BCUT2D eigenvalue weighted by Gasteiger charge is -2.39. The minimum atomic E-state index is -0.00971. The average Bonchev–Trinajstić information content (AvgIpc) is 2.87. The number of aryl methyl sites for hydroxylation is 1. The third-order valence-corrected chi connectivity index (χ3v) is 4.37. The van der Waals surface area contributed by atoms with Gasteiger partial charge >= 0.3 is 0 Å². The number of guanidine groups is 1. The number of nitrogens with one attached hydrogen (secondary N) is 1. The van der Waals surface area contributed by atoms with E-state index >= 15 is 0 Å². The highest BCUT2D eigenvalue weighted by molar-refractivity contribution is 5.81. The first-order chi connectivity index (χ1) is 10.2. The Morgan fingerprint density at radius 1 is 1.43 bits per heavy atom. The van der Waals surface area contributed by atoms with Gasteiger partial charge in [-0.05, 0) is 30.9 Å². The van der Waals surface area contributed by atoms with Crippen molar-refractivity contribution in [2.75, 3.05) is 19.6 Å². The van der Waals surface area contributed by atoms with Crippen molar-refractivity contribution in [1.29, 1.82) is 0 Å². The number of carbonyl (C=O) groups excluding carboxylic acids is 1. The summed E-state index contributed by atoms with van der Waals surface area (Å²) in [6, 6.07) is 3.91. The van der Waals surface area contributed by atoms with Crippen molar-refractivity contribution < 1.29 is 4.79 Å². The lowest BCUT2D eigenvalue weighted by Crippen LogP contribution is -2.55.